The summed E-state index contributed by atoms with van der Waals surface area (Å²) in [5.41, 5.74) is 1.23. The molecule has 2 aliphatic heterocycles. The van der Waals surface area contributed by atoms with Crippen molar-refractivity contribution in [1.29, 1.82) is 0 Å². The van der Waals surface area contributed by atoms with Crippen LogP contribution in [0.25, 0.3) is 0 Å². The van der Waals surface area contributed by atoms with Crippen LogP contribution in [0.15, 0.2) is 59.5 Å². The van der Waals surface area contributed by atoms with E-state index in [2.05, 4.69) is 0 Å². The molecule has 4 rings (SSSR count). The maximum absolute atomic E-state index is 13.0. The average Bonchev–Trinajstić information content (AvgIpc) is 3.17. The van der Waals surface area contributed by atoms with Crippen molar-refractivity contribution in [2.75, 3.05) is 4.90 Å². The zero-order chi connectivity index (χ0) is 18.3. The van der Waals surface area contributed by atoms with Crippen LogP contribution in [0.4, 0.5) is 5.69 Å². The van der Waals surface area contributed by atoms with Gasteiger partial charge in [0.15, 0.2) is 11.0 Å². The Labute approximate surface area is 155 Å². The standard InChI is InChI=1S/C20H17NO4S/c1-13(18(23)14-7-3-2-4-8-14)25-19(24)20-12-11-17(22)21(20)15-9-5-6-10-16(15)26-20/h2-10,13H,11-12H2,1H3/t13-,20-/m1/s1. The van der Waals surface area contributed by atoms with Gasteiger partial charge in [0.05, 0.1) is 5.69 Å². The second kappa shape index (κ2) is 6.29. The van der Waals surface area contributed by atoms with E-state index in [4.69, 9.17) is 4.74 Å². The quantitative estimate of drug-likeness (QED) is 0.612. The monoisotopic (exact) mass is 367 g/mol. The van der Waals surface area contributed by atoms with Gasteiger partial charge in [-0.2, -0.15) is 0 Å². The van der Waals surface area contributed by atoms with Crippen LogP contribution in [0.2, 0.25) is 0 Å². The predicted octanol–water partition coefficient (Wildman–Crippen LogP) is 3.43. The Hall–Kier alpha value is -2.60. The van der Waals surface area contributed by atoms with Crippen LogP contribution in [0.5, 0.6) is 0 Å². The zero-order valence-electron chi connectivity index (χ0n) is 14.2. The van der Waals surface area contributed by atoms with Crippen LogP contribution in [0.1, 0.15) is 30.1 Å². The van der Waals surface area contributed by atoms with Gasteiger partial charge in [0.25, 0.3) is 0 Å². The molecule has 0 saturated carbocycles. The summed E-state index contributed by atoms with van der Waals surface area (Å²) >= 11 is 1.33. The smallest absolute Gasteiger partial charge is 0.344 e. The molecule has 1 fully saturated rings. The SMILES string of the molecule is C[C@@H](OC(=O)[C@]12CCC(=O)N1c1ccccc1S2)C(=O)c1ccccc1. The second-order valence-corrected chi connectivity index (χ2v) is 7.68. The molecule has 132 valence electrons. The number of fused-ring (bicyclic) bond motifs is 3. The first-order chi connectivity index (χ1) is 12.5. The highest BCUT2D eigenvalue weighted by molar-refractivity contribution is 8.02. The van der Waals surface area contributed by atoms with Gasteiger partial charge in [-0.15, -0.1) is 0 Å². The number of rotatable bonds is 4. The minimum absolute atomic E-state index is 0.0959. The molecule has 1 saturated heterocycles. The molecule has 0 aliphatic carbocycles. The van der Waals surface area contributed by atoms with Crippen LogP contribution in [-0.4, -0.2) is 28.6 Å². The number of hydrogen-bond acceptors (Lipinski definition) is 5. The van der Waals surface area contributed by atoms with Gasteiger partial charge in [-0.3, -0.25) is 14.5 Å². The summed E-state index contributed by atoms with van der Waals surface area (Å²) in [6.45, 7) is 1.57. The summed E-state index contributed by atoms with van der Waals surface area (Å²) in [5, 5.41) is 0. The molecule has 0 N–H and O–H groups in total. The fourth-order valence-corrected chi connectivity index (χ4v) is 4.82. The van der Waals surface area contributed by atoms with Crippen molar-refractivity contribution in [3.05, 3.63) is 60.2 Å². The normalized spacial score (nSPS) is 21.9. The molecule has 1 amide bonds. The number of para-hydroxylation sites is 1. The van der Waals surface area contributed by atoms with Gasteiger partial charge in [0.2, 0.25) is 11.7 Å². The molecule has 0 bridgehead atoms. The molecule has 6 heteroatoms. The van der Waals surface area contributed by atoms with Gasteiger partial charge in [-0.1, -0.05) is 54.2 Å². The number of carbonyl (C=O) groups excluding carboxylic acids is 3. The Bertz CT molecular complexity index is 898. The third-order valence-electron chi connectivity index (χ3n) is 4.70. The van der Waals surface area contributed by atoms with Crippen LogP contribution in [0, 0.1) is 0 Å². The van der Waals surface area contributed by atoms with E-state index in [-0.39, 0.29) is 18.1 Å². The Morgan fingerprint density at radius 2 is 1.81 bits per heavy atom. The van der Waals surface area contributed by atoms with Gasteiger partial charge in [0, 0.05) is 23.3 Å². The molecule has 26 heavy (non-hydrogen) atoms. The maximum atomic E-state index is 13.0. The van der Waals surface area contributed by atoms with Crippen molar-refractivity contribution in [3.8, 4) is 0 Å². The van der Waals surface area contributed by atoms with Crippen molar-refractivity contribution >= 4 is 35.1 Å². The number of nitrogens with zero attached hydrogens (tertiary/aromatic N) is 1. The number of hydrogen-bond donors (Lipinski definition) is 0. The van der Waals surface area contributed by atoms with Gasteiger partial charge >= 0.3 is 5.97 Å². The summed E-state index contributed by atoms with van der Waals surface area (Å²) in [5.74, 6) is -0.894. The number of anilines is 1. The lowest BCUT2D eigenvalue weighted by Crippen LogP contribution is -2.49. The minimum Gasteiger partial charge on any atom is -0.452 e. The largest absolute Gasteiger partial charge is 0.452 e. The molecule has 2 heterocycles. The molecule has 0 radical (unpaired) electrons. The van der Waals surface area contributed by atoms with E-state index in [0.29, 0.717) is 12.0 Å². The topological polar surface area (TPSA) is 63.7 Å². The number of carbonyl (C=O) groups is 3. The number of Topliss-reactive ketones (excluding diaryl/α,β-unsaturated/α-hetero) is 1. The van der Waals surface area contributed by atoms with E-state index in [9.17, 15) is 14.4 Å². The van der Waals surface area contributed by atoms with Crippen molar-refractivity contribution in [1.82, 2.24) is 0 Å². The second-order valence-electron chi connectivity index (χ2n) is 6.36. The first-order valence-corrected chi connectivity index (χ1v) is 9.26. The highest BCUT2D eigenvalue weighted by Crippen LogP contribution is 2.56. The lowest BCUT2D eigenvalue weighted by Gasteiger charge is -2.29. The van der Waals surface area contributed by atoms with E-state index in [0.717, 1.165) is 10.6 Å². The van der Waals surface area contributed by atoms with Crippen molar-refractivity contribution in [2.24, 2.45) is 0 Å². The van der Waals surface area contributed by atoms with Gasteiger partial charge in [-0.05, 0) is 19.1 Å². The van der Waals surface area contributed by atoms with E-state index in [1.165, 1.54) is 16.7 Å². The molecule has 0 aromatic heterocycles. The summed E-state index contributed by atoms with van der Waals surface area (Å²) in [6, 6.07) is 16.2. The maximum Gasteiger partial charge on any atom is 0.344 e. The lowest BCUT2D eigenvalue weighted by atomic mass is 10.1. The Morgan fingerprint density at radius 3 is 2.58 bits per heavy atom. The summed E-state index contributed by atoms with van der Waals surface area (Å²) < 4.78 is 5.53. The molecule has 2 atom stereocenters. The molecule has 0 spiro atoms. The molecule has 0 unspecified atom stereocenters. The van der Waals surface area contributed by atoms with Crippen LogP contribution in [0.3, 0.4) is 0 Å². The van der Waals surface area contributed by atoms with Gasteiger partial charge < -0.3 is 4.74 Å². The van der Waals surface area contributed by atoms with Crippen LogP contribution in [-0.2, 0) is 14.3 Å². The molecule has 2 aliphatic rings. The number of amides is 1. The Kier molecular flexibility index (Phi) is 4.07. The van der Waals surface area contributed by atoms with Gasteiger partial charge in [-0.25, -0.2) is 4.79 Å². The number of esters is 1. The molecule has 2 aromatic carbocycles. The summed E-state index contributed by atoms with van der Waals surface area (Å²) in [6.07, 6.45) is -0.255. The van der Waals surface area contributed by atoms with E-state index in [1.807, 2.05) is 30.3 Å². The number of thioether (sulfide) groups is 1. The van der Waals surface area contributed by atoms with Crippen LogP contribution < -0.4 is 4.90 Å². The Balaban J connectivity index is 1.58. The molecular formula is C20H17NO4S. The fourth-order valence-electron chi connectivity index (χ4n) is 3.42. The van der Waals surface area contributed by atoms with Crippen molar-refractivity contribution in [2.45, 2.75) is 35.6 Å². The van der Waals surface area contributed by atoms with E-state index >= 15 is 0 Å². The third kappa shape index (κ3) is 2.52. The zero-order valence-corrected chi connectivity index (χ0v) is 15.0. The average molecular weight is 367 g/mol. The van der Waals surface area contributed by atoms with E-state index in [1.54, 1.807) is 31.2 Å². The van der Waals surface area contributed by atoms with Crippen molar-refractivity contribution < 1.29 is 19.1 Å². The third-order valence-corrected chi connectivity index (χ3v) is 6.16. The van der Waals surface area contributed by atoms with Crippen LogP contribution >= 0.6 is 11.8 Å². The van der Waals surface area contributed by atoms with Gasteiger partial charge in [0.1, 0.15) is 0 Å². The fraction of sp³-hybridized carbons (Fsp3) is 0.250. The highest BCUT2D eigenvalue weighted by Gasteiger charge is 2.58. The predicted molar refractivity (Wildman–Crippen MR) is 98.1 cm³/mol. The first-order valence-electron chi connectivity index (χ1n) is 8.44. The highest BCUT2D eigenvalue weighted by atomic mass is 32.2. The lowest BCUT2D eigenvalue weighted by molar-refractivity contribution is -0.149. The Morgan fingerprint density at radius 1 is 1.12 bits per heavy atom. The number of ketones is 1. The molecular weight excluding hydrogens is 350 g/mol. The summed E-state index contributed by atoms with van der Waals surface area (Å²) in [7, 11) is 0. The summed E-state index contributed by atoms with van der Waals surface area (Å²) in [4.78, 5) is 39.2. The van der Waals surface area contributed by atoms with E-state index < -0.39 is 16.9 Å². The van der Waals surface area contributed by atoms with Crippen molar-refractivity contribution in [3.63, 3.8) is 0 Å². The first kappa shape index (κ1) is 16.8. The number of benzene rings is 2. The minimum atomic E-state index is -1.11. The molecule has 2 aromatic rings. The number of ether oxygens (including phenoxy) is 1. The molecule has 5 nitrogen and oxygen atoms in total.